The second kappa shape index (κ2) is 10.1. The van der Waals surface area contributed by atoms with Gasteiger partial charge in [0.05, 0.1) is 35.9 Å². The van der Waals surface area contributed by atoms with Crippen LogP contribution in [0, 0.1) is 10.1 Å². The van der Waals surface area contributed by atoms with Crippen LogP contribution in [0.5, 0.6) is 11.5 Å². The van der Waals surface area contributed by atoms with Crippen molar-refractivity contribution >= 4 is 34.2 Å². The van der Waals surface area contributed by atoms with Gasteiger partial charge >= 0.3 is 5.97 Å². The number of methoxy groups -OCH3 is 2. The Hall–Kier alpha value is -4.72. The molecule has 0 fully saturated rings. The number of hydrogen-bond acceptors (Lipinski definition) is 7. The molecule has 0 saturated heterocycles. The average molecular weight is 497 g/mol. The van der Waals surface area contributed by atoms with Gasteiger partial charge in [-0.25, -0.2) is 9.78 Å². The molecule has 1 aliphatic rings. The zero-order chi connectivity index (χ0) is 25.9. The van der Waals surface area contributed by atoms with Crippen molar-refractivity contribution in [2.45, 2.75) is 19.4 Å². The molecule has 37 heavy (non-hydrogen) atoms. The number of pyridine rings is 1. The highest BCUT2D eigenvalue weighted by atomic mass is 16.6. The Labute approximate surface area is 213 Å². The molecule has 0 spiro atoms. The summed E-state index contributed by atoms with van der Waals surface area (Å²) >= 11 is 0. The number of hydrogen-bond donors (Lipinski definition) is 0. The number of carbonyl (C=O) groups is 1. The maximum Gasteiger partial charge on any atom is 0.339 e. The van der Waals surface area contributed by atoms with E-state index < -0.39 is 10.9 Å². The lowest BCUT2D eigenvalue weighted by molar-refractivity contribution is -0.384. The van der Waals surface area contributed by atoms with Crippen molar-refractivity contribution in [1.29, 1.82) is 0 Å². The Morgan fingerprint density at radius 1 is 1.00 bits per heavy atom. The molecule has 0 saturated carbocycles. The van der Waals surface area contributed by atoms with Gasteiger partial charge < -0.3 is 14.2 Å². The fraction of sp³-hybridized carbons (Fsp3) is 0.172. The molecule has 1 aliphatic carbocycles. The van der Waals surface area contributed by atoms with E-state index >= 15 is 0 Å². The summed E-state index contributed by atoms with van der Waals surface area (Å²) in [5, 5.41) is 11.8. The van der Waals surface area contributed by atoms with E-state index in [0.29, 0.717) is 34.6 Å². The molecular weight excluding hydrogens is 472 g/mol. The largest absolute Gasteiger partial charge is 0.493 e. The van der Waals surface area contributed by atoms with Crippen LogP contribution in [0.4, 0.5) is 5.69 Å². The number of esters is 1. The molecule has 0 bridgehead atoms. The average Bonchev–Trinajstić information content (AvgIpc) is 3.32. The SMILES string of the molecule is COc1ccc(C=C2CCc3c2nc2ccccc2c3C(=O)OCc2cccc([N+](=O)[O-])c2)cc1OC. The normalized spacial score (nSPS) is 13.4. The molecule has 0 N–H and O–H groups in total. The molecule has 8 nitrogen and oxygen atoms in total. The summed E-state index contributed by atoms with van der Waals surface area (Å²) in [6, 6.07) is 19.3. The Kier molecular flexibility index (Phi) is 6.55. The van der Waals surface area contributed by atoms with Crippen molar-refractivity contribution in [1.82, 2.24) is 4.98 Å². The molecule has 5 rings (SSSR count). The van der Waals surface area contributed by atoms with E-state index in [-0.39, 0.29) is 12.3 Å². The molecule has 0 unspecified atom stereocenters. The minimum absolute atomic E-state index is 0.0475. The third-order valence-electron chi connectivity index (χ3n) is 6.39. The number of nitrogens with zero attached hydrogens (tertiary/aromatic N) is 2. The third kappa shape index (κ3) is 4.73. The second-order valence-electron chi connectivity index (χ2n) is 8.62. The van der Waals surface area contributed by atoms with E-state index in [1.807, 2.05) is 48.5 Å². The van der Waals surface area contributed by atoms with E-state index in [1.54, 1.807) is 26.4 Å². The van der Waals surface area contributed by atoms with Crippen LogP contribution in [0.3, 0.4) is 0 Å². The number of ether oxygens (including phenoxy) is 3. The van der Waals surface area contributed by atoms with Gasteiger partial charge in [0.1, 0.15) is 6.61 Å². The smallest absolute Gasteiger partial charge is 0.339 e. The number of aromatic nitrogens is 1. The summed E-state index contributed by atoms with van der Waals surface area (Å²) in [4.78, 5) is 28.9. The monoisotopic (exact) mass is 496 g/mol. The summed E-state index contributed by atoms with van der Waals surface area (Å²) in [7, 11) is 3.19. The number of allylic oxidation sites excluding steroid dienone is 1. The molecule has 0 radical (unpaired) electrons. The van der Waals surface area contributed by atoms with Gasteiger partial charge in [0, 0.05) is 17.5 Å². The van der Waals surface area contributed by atoms with Crippen LogP contribution in [0.25, 0.3) is 22.6 Å². The fourth-order valence-corrected chi connectivity index (χ4v) is 4.64. The van der Waals surface area contributed by atoms with Crippen molar-refractivity contribution in [3.63, 3.8) is 0 Å². The number of fused-ring (bicyclic) bond motifs is 2. The lowest BCUT2D eigenvalue weighted by atomic mass is 10.0. The highest BCUT2D eigenvalue weighted by Crippen LogP contribution is 2.38. The molecule has 0 amide bonds. The highest BCUT2D eigenvalue weighted by Gasteiger charge is 2.27. The van der Waals surface area contributed by atoms with Crippen molar-refractivity contribution in [3.05, 3.63) is 105 Å². The summed E-state index contributed by atoms with van der Waals surface area (Å²) in [6.45, 7) is -0.0692. The molecular formula is C29H24N2O6. The van der Waals surface area contributed by atoms with Gasteiger partial charge in [-0.1, -0.05) is 36.4 Å². The molecule has 8 heteroatoms. The van der Waals surface area contributed by atoms with Gasteiger partial charge in [0.2, 0.25) is 0 Å². The molecule has 1 heterocycles. The first kappa shape index (κ1) is 24.0. The number of benzene rings is 3. The van der Waals surface area contributed by atoms with Crippen LogP contribution in [0.2, 0.25) is 0 Å². The van der Waals surface area contributed by atoms with Crippen molar-refractivity contribution < 1.29 is 23.9 Å². The summed E-state index contributed by atoms with van der Waals surface area (Å²) in [6.07, 6.45) is 3.42. The fourth-order valence-electron chi connectivity index (χ4n) is 4.64. The van der Waals surface area contributed by atoms with Crippen LogP contribution in [-0.4, -0.2) is 30.1 Å². The number of rotatable bonds is 7. The number of nitro groups is 1. The van der Waals surface area contributed by atoms with Crippen LogP contribution < -0.4 is 9.47 Å². The highest BCUT2D eigenvalue weighted by molar-refractivity contribution is 6.07. The first-order valence-corrected chi connectivity index (χ1v) is 11.7. The number of para-hydroxylation sites is 1. The van der Waals surface area contributed by atoms with Crippen LogP contribution in [-0.2, 0) is 17.8 Å². The second-order valence-corrected chi connectivity index (χ2v) is 8.62. The summed E-state index contributed by atoms with van der Waals surface area (Å²) < 4.78 is 16.4. The van der Waals surface area contributed by atoms with Gasteiger partial charge in [-0.05, 0) is 59.4 Å². The number of non-ortho nitro benzene ring substituents is 1. The molecule has 4 aromatic rings. The van der Waals surface area contributed by atoms with Crippen LogP contribution in [0.15, 0.2) is 66.7 Å². The first-order chi connectivity index (χ1) is 18.0. The van der Waals surface area contributed by atoms with Gasteiger partial charge in [-0.2, -0.15) is 0 Å². The van der Waals surface area contributed by atoms with E-state index in [0.717, 1.165) is 34.2 Å². The Balaban J connectivity index is 1.51. The Morgan fingerprint density at radius 3 is 2.59 bits per heavy atom. The van der Waals surface area contributed by atoms with E-state index in [2.05, 4.69) is 0 Å². The first-order valence-electron chi connectivity index (χ1n) is 11.7. The minimum atomic E-state index is -0.478. The summed E-state index contributed by atoms with van der Waals surface area (Å²) in [5.74, 6) is 0.801. The Bertz CT molecular complexity index is 1560. The number of carbonyl (C=O) groups excluding carboxylic acids is 1. The quantitative estimate of drug-likeness (QED) is 0.176. The molecule has 3 aromatic carbocycles. The third-order valence-corrected chi connectivity index (χ3v) is 6.39. The van der Waals surface area contributed by atoms with Crippen molar-refractivity contribution in [2.24, 2.45) is 0 Å². The van der Waals surface area contributed by atoms with Gasteiger partial charge in [-0.3, -0.25) is 10.1 Å². The predicted molar refractivity (Wildman–Crippen MR) is 140 cm³/mol. The number of nitro benzene ring substituents is 1. The van der Waals surface area contributed by atoms with Crippen molar-refractivity contribution in [2.75, 3.05) is 14.2 Å². The maximum absolute atomic E-state index is 13.4. The maximum atomic E-state index is 13.4. The zero-order valence-electron chi connectivity index (χ0n) is 20.4. The van der Waals surface area contributed by atoms with Gasteiger partial charge in [-0.15, -0.1) is 0 Å². The minimum Gasteiger partial charge on any atom is -0.493 e. The lowest BCUT2D eigenvalue weighted by Gasteiger charge is -2.13. The van der Waals surface area contributed by atoms with E-state index in [4.69, 9.17) is 19.2 Å². The van der Waals surface area contributed by atoms with E-state index in [9.17, 15) is 14.9 Å². The summed E-state index contributed by atoms with van der Waals surface area (Å²) in [5.41, 5.74) is 5.25. The lowest BCUT2D eigenvalue weighted by Crippen LogP contribution is -2.10. The topological polar surface area (TPSA) is 101 Å². The van der Waals surface area contributed by atoms with Crippen LogP contribution in [0.1, 0.15) is 39.2 Å². The molecule has 0 atom stereocenters. The van der Waals surface area contributed by atoms with Gasteiger partial charge in [0.15, 0.2) is 11.5 Å². The zero-order valence-corrected chi connectivity index (χ0v) is 20.4. The molecule has 186 valence electrons. The van der Waals surface area contributed by atoms with Gasteiger partial charge in [0.25, 0.3) is 5.69 Å². The van der Waals surface area contributed by atoms with Crippen LogP contribution >= 0.6 is 0 Å². The molecule has 1 aromatic heterocycles. The van der Waals surface area contributed by atoms with Crippen molar-refractivity contribution in [3.8, 4) is 11.5 Å². The van der Waals surface area contributed by atoms with E-state index in [1.165, 1.54) is 12.1 Å². The standard InChI is InChI=1S/C29H24N2O6/c1-35-25-13-10-18(16-26(25)36-2)14-20-11-12-23-27(22-8-3-4-9-24(22)30-28(20)23)29(32)37-17-19-6-5-7-21(15-19)31(33)34/h3-10,13-16H,11-12,17H2,1-2H3. The predicted octanol–water partition coefficient (Wildman–Crippen LogP) is 6.00. The Morgan fingerprint density at radius 2 is 1.81 bits per heavy atom. The molecule has 0 aliphatic heterocycles.